The molecule has 1 aliphatic rings. The fraction of sp³-hybridized carbons (Fsp3) is 0.600. The van der Waals surface area contributed by atoms with Crippen molar-refractivity contribution < 1.29 is 13.5 Å². The molecule has 3 nitrogen and oxygen atoms in total. The molecule has 1 fully saturated rings. The number of rotatable bonds is 6. The first-order valence-electron chi connectivity index (χ1n) is 7.14. The van der Waals surface area contributed by atoms with Gasteiger partial charge in [0.05, 0.1) is 6.10 Å². The van der Waals surface area contributed by atoms with Crippen LogP contribution in [0.4, 0.5) is 8.78 Å². The van der Waals surface area contributed by atoms with Crippen LogP contribution in [0.1, 0.15) is 31.4 Å². The molecule has 2 atom stereocenters. The van der Waals surface area contributed by atoms with Gasteiger partial charge in [0.15, 0.2) is 0 Å². The number of benzene rings is 1. The van der Waals surface area contributed by atoms with Gasteiger partial charge in [0.2, 0.25) is 0 Å². The molecule has 1 aliphatic heterocycles. The first-order valence-corrected chi connectivity index (χ1v) is 7.14. The lowest BCUT2D eigenvalue weighted by Gasteiger charge is -2.27. The molecule has 0 spiro atoms. The maximum Gasteiger partial charge on any atom is 0.128 e. The first kappa shape index (κ1) is 15.4. The van der Waals surface area contributed by atoms with Crippen LogP contribution in [0.2, 0.25) is 0 Å². The Kier molecular flexibility index (Phi) is 5.46. The van der Waals surface area contributed by atoms with Crippen LogP contribution in [0.15, 0.2) is 18.2 Å². The lowest BCUT2D eigenvalue weighted by molar-refractivity contribution is 0.0728. The topological polar surface area (TPSA) is 38.5 Å². The molecule has 0 aliphatic carbocycles. The SMILES string of the molecule is CCN(CC1CCCO1)CC(N)c1cc(F)ccc1F. The second-order valence-corrected chi connectivity index (χ2v) is 5.26. The van der Waals surface area contributed by atoms with Gasteiger partial charge in [-0.2, -0.15) is 0 Å². The zero-order valence-electron chi connectivity index (χ0n) is 11.8. The van der Waals surface area contributed by atoms with Crippen molar-refractivity contribution in [1.82, 2.24) is 4.90 Å². The molecule has 20 heavy (non-hydrogen) atoms. The molecule has 0 saturated carbocycles. The summed E-state index contributed by atoms with van der Waals surface area (Å²) in [6.45, 7) is 4.94. The molecule has 1 aromatic rings. The Morgan fingerprint density at radius 1 is 1.45 bits per heavy atom. The Bertz CT molecular complexity index is 436. The number of halogens is 2. The summed E-state index contributed by atoms with van der Waals surface area (Å²) in [6.07, 6.45) is 2.38. The Balaban J connectivity index is 1.97. The summed E-state index contributed by atoms with van der Waals surface area (Å²) in [5.74, 6) is -0.911. The van der Waals surface area contributed by atoms with Crippen LogP contribution >= 0.6 is 0 Å². The summed E-state index contributed by atoms with van der Waals surface area (Å²) in [5.41, 5.74) is 6.26. The number of nitrogens with two attached hydrogens (primary N) is 1. The maximum atomic E-state index is 13.7. The second-order valence-electron chi connectivity index (χ2n) is 5.26. The Morgan fingerprint density at radius 3 is 2.90 bits per heavy atom. The molecule has 5 heteroatoms. The van der Waals surface area contributed by atoms with Gasteiger partial charge in [-0.1, -0.05) is 6.92 Å². The monoisotopic (exact) mass is 284 g/mol. The third kappa shape index (κ3) is 3.98. The number of hydrogen-bond donors (Lipinski definition) is 1. The van der Waals surface area contributed by atoms with Crippen LogP contribution in [0.5, 0.6) is 0 Å². The van der Waals surface area contributed by atoms with Crippen LogP contribution in [0.3, 0.4) is 0 Å². The second kappa shape index (κ2) is 7.11. The predicted octanol–water partition coefficient (Wildman–Crippen LogP) is 2.47. The largest absolute Gasteiger partial charge is 0.377 e. The summed E-state index contributed by atoms with van der Waals surface area (Å²) in [4.78, 5) is 2.13. The molecular weight excluding hydrogens is 262 g/mol. The summed E-state index contributed by atoms with van der Waals surface area (Å²) in [6, 6.07) is 2.88. The molecule has 112 valence electrons. The summed E-state index contributed by atoms with van der Waals surface area (Å²) in [5, 5.41) is 0. The van der Waals surface area contributed by atoms with Crippen molar-refractivity contribution in [2.45, 2.75) is 31.9 Å². The van der Waals surface area contributed by atoms with Crippen LogP contribution < -0.4 is 5.73 Å². The normalized spacial score (nSPS) is 20.6. The summed E-state index contributed by atoms with van der Waals surface area (Å²) in [7, 11) is 0. The highest BCUT2D eigenvalue weighted by Gasteiger charge is 2.21. The van der Waals surface area contributed by atoms with Crippen molar-refractivity contribution in [1.29, 1.82) is 0 Å². The molecule has 0 aromatic heterocycles. The standard InChI is InChI=1S/C15H22F2N2O/c1-2-19(9-12-4-3-7-20-12)10-15(18)13-8-11(16)5-6-14(13)17/h5-6,8,12,15H,2-4,7,9-10,18H2,1H3. The van der Waals surface area contributed by atoms with E-state index in [1.165, 1.54) is 6.07 Å². The maximum absolute atomic E-state index is 13.7. The first-order chi connectivity index (χ1) is 9.60. The van der Waals surface area contributed by atoms with Crippen molar-refractivity contribution in [3.8, 4) is 0 Å². The van der Waals surface area contributed by atoms with Crippen molar-refractivity contribution in [3.05, 3.63) is 35.4 Å². The molecule has 2 N–H and O–H groups in total. The van der Waals surface area contributed by atoms with Crippen molar-refractivity contribution >= 4 is 0 Å². The molecular formula is C15H22F2N2O. The van der Waals surface area contributed by atoms with Crippen LogP contribution in [-0.2, 0) is 4.74 Å². The van der Waals surface area contributed by atoms with E-state index in [0.717, 1.165) is 44.7 Å². The van der Waals surface area contributed by atoms with Crippen LogP contribution in [0, 0.1) is 11.6 Å². The van der Waals surface area contributed by atoms with Gasteiger partial charge < -0.3 is 10.5 Å². The van der Waals surface area contributed by atoms with Gasteiger partial charge in [0, 0.05) is 31.3 Å². The zero-order chi connectivity index (χ0) is 14.5. The lowest BCUT2D eigenvalue weighted by atomic mass is 10.1. The van der Waals surface area contributed by atoms with E-state index in [9.17, 15) is 8.78 Å². The zero-order valence-corrected chi connectivity index (χ0v) is 11.8. The third-order valence-corrected chi connectivity index (χ3v) is 3.75. The van der Waals surface area contributed by atoms with Crippen molar-refractivity contribution in [2.24, 2.45) is 5.73 Å². The number of hydrogen-bond acceptors (Lipinski definition) is 3. The minimum atomic E-state index is -0.535. The van der Waals surface area contributed by atoms with Gasteiger partial charge in [-0.15, -0.1) is 0 Å². The van der Waals surface area contributed by atoms with E-state index < -0.39 is 17.7 Å². The average Bonchev–Trinajstić information content (AvgIpc) is 2.93. The predicted molar refractivity (Wildman–Crippen MR) is 74.4 cm³/mol. The van der Waals surface area contributed by atoms with Gasteiger partial charge in [-0.05, 0) is 37.6 Å². The van der Waals surface area contributed by atoms with E-state index in [2.05, 4.69) is 4.90 Å². The minimum absolute atomic E-state index is 0.232. The van der Waals surface area contributed by atoms with E-state index in [1.54, 1.807) is 0 Å². The number of ether oxygens (including phenoxy) is 1. The lowest BCUT2D eigenvalue weighted by Crippen LogP contribution is -2.37. The summed E-state index contributed by atoms with van der Waals surface area (Å²) >= 11 is 0. The molecule has 2 rings (SSSR count). The number of likely N-dealkylation sites (N-methyl/N-ethyl adjacent to an activating group) is 1. The molecule has 0 amide bonds. The minimum Gasteiger partial charge on any atom is -0.377 e. The molecule has 0 radical (unpaired) electrons. The van der Waals surface area contributed by atoms with E-state index >= 15 is 0 Å². The van der Waals surface area contributed by atoms with Gasteiger partial charge in [0.25, 0.3) is 0 Å². The average molecular weight is 284 g/mol. The highest BCUT2D eigenvalue weighted by atomic mass is 19.1. The third-order valence-electron chi connectivity index (χ3n) is 3.75. The highest BCUT2D eigenvalue weighted by Crippen LogP contribution is 2.19. The number of nitrogens with zero attached hydrogens (tertiary/aromatic N) is 1. The fourth-order valence-corrected chi connectivity index (χ4v) is 2.58. The fourth-order valence-electron chi connectivity index (χ4n) is 2.58. The molecule has 1 heterocycles. The molecule has 1 aromatic carbocycles. The Morgan fingerprint density at radius 2 is 2.25 bits per heavy atom. The molecule has 0 bridgehead atoms. The Hall–Kier alpha value is -1.04. The quantitative estimate of drug-likeness (QED) is 0.872. The van der Waals surface area contributed by atoms with Gasteiger partial charge in [-0.3, -0.25) is 4.90 Å². The van der Waals surface area contributed by atoms with E-state index in [0.29, 0.717) is 6.54 Å². The van der Waals surface area contributed by atoms with E-state index in [1.807, 2.05) is 6.92 Å². The summed E-state index contributed by atoms with van der Waals surface area (Å²) < 4.78 is 32.5. The van der Waals surface area contributed by atoms with E-state index in [-0.39, 0.29) is 11.7 Å². The smallest absolute Gasteiger partial charge is 0.128 e. The Labute approximate surface area is 118 Å². The van der Waals surface area contributed by atoms with Crippen LogP contribution in [0.25, 0.3) is 0 Å². The van der Waals surface area contributed by atoms with Gasteiger partial charge in [0.1, 0.15) is 11.6 Å². The highest BCUT2D eigenvalue weighted by molar-refractivity contribution is 5.22. The van der Waals surface area contributed by atoms with E-state index in [4.69, 9.17) is 10.5 Å². The molecule has 1 saturated heterocycles. The van der Waals surface area contributed by atoms with Crippen molar-refractivity contribution in [2.75, 3.05) is 26.2 Å². The van der Waals surface area contributed by atoms with Gasteiger partial charge >= 0.3 is 0 Å². The van der Waals surface area contributed by atoms with Gasteiger partial charge in [-0.25, -0.2) is 8.78 Å². The molecule has 2 unspecified atom stereocenters. The van der Waals surface area contributed by atoms with Crippen LogP contribution in [-0.4, -0.2) is 37.2 Å². The van der Waals surface area contributed by atoms with Crippen molar-refractivity contribution in [3.63, 3.8) is 0 Å².